The van der Waals surface area contributed by atoms with Gasteiger partial charge in [-0.15, -0.1) is 0 Å². The molecule has 1 heterocycles. The quantitative estimate of drug-likeness (QED) is 0.381. The summed E-state index contributed by atoms with van der Waals surface area (Å²) in [4.78, 5) is 4.75. The molecule has 2 atom stereocenters. The van der Waals surface area contributed by atoms with Gasteiger partial charge in [0.05, 0.1) is 18.9 Å². The maximum absolute atomic E-state index is 10.3. The molecule has 0 bridgehead atoms. The van der Waals surface area contributed by atoms with Crippen LogP contribution in [0.5, 0.6) is 0 Å². The first-order valence-electron chi connectivity index (χ1n) is 8.85. The smallest absolute Gasteiger partial charge is 0.191 e. The van der Waals surface area contributed by atoms with Crippen LogP contribution in [-0.4, -0.2) is 48.8 Å². The van der Waals surface area contributed by atoms with E-state index in [-0.39, 0.29) is 11.5 Å². The zero-order valence-electron chi connectivity index (χ0n) is 14.9. The van der Waals surface area contributed by atoms with E-state index in [1.807, 2.05) is 23.9 Å². The molecule has 0 radical (unpaired) electrons. The molecule has 5 nitrogen and oxygen atoms in total. The second-order valence-corrected chi connectivity index (χ2v) is 7.74. The summed E-state index contributed by atoms with van der Waals surface area (Å²) in [7, 11) is 0. The van der Waals surface area contributed by atoms with E-state index in [1.54, 1.807) is 6.26 Å². The van der Waals surface area contributed by atoms with E-state index in [2.05, 4.69) is 23.8 Å². The summed E-state index contributed by atoms with van der Waals surface area (Å²) in [5.41, 5.74) is -0.104. The van der Waals surface area contributed by atoms with Crippen LogP contribution in [0.25, 0.3) is 0 Å². The van der Waals surface area contributed by atoms with Gasteiger partial charge in [-0.1, -0.05) is 19.8 Å². The van der Waals surface area contributed by atoms with Crippen LogP contribution < -0.4 is 10.6 Å². The van der Waals surface area contributed by atoms with Crippen LogP contribution in [0.3, 0.4) is 0 Å². The highest BCUT2D eigenvalue weighted by Gasteiger charge is 2.35. The van der Waals surface area contributed by atoms with Crippen LogP contribution in [0, 0.1) is 5.41 Å². The monoisotopic (exact) mass is 353 g/mol. The lowest BCUT2D eigenvalue weighted by Crippen LogP contribution is -2.42. The molecule has 24 heavy (non-hydrogen) atoms. The van der Waals surface area contributed by atoms with Gasteiger partial charge in [0.1, 0.15) is 5.76 Å². The number of nitrogens with zero attached hydrogens (tertiary/aromatic N) is 1. The van der Waals surface area contributed by atoms with Crippen molar-refractivity contribution in [1.82, 2.24) is 10.6 Å². The number of hydrogen-bond donors (Lipinski definition) is 3. The van der Waals surface area contributed by atoms with E-state index < -0.39 is 0 Å². The van der Waals surface area contributed by atoms with Crippen molar-refractivity contribution in [2.45, 2.75) is 45.1 Å². The first kappa shape index (κ1) is 19.2. The number of aliphatic imine (C=N–C) groups is 1. The third-order valence-corrected chi connectivity index (χ3v) is 5.33. The maximum Gasteiger partial charge on any atom is 0.191 e. The molecule has 1 aliphatic rings. The van der Waals surface area contributed by atoms with Gasteiger partial charge >= 0.3 is 0 Å². The standard InChI is InChI=1S/C18H31N3O2S/c1-18(9-4-3-7-16(18)22)14-21-17(20-11-13-24-2)19-10-8-15-6-5-12-23-15/h5-6,12,16,22H,3-4,7-11,13-14H2,1-2H3,(H2,19,20,21). The molecule has 0 aromatic carbocycles. The van der Waals surface area contributed by atoms with E-state index in [0.29, 0.717) is 6.54 Å². The lowest BCUT2D eigenvalue weighted by molar-refractivity contribution is 0.00716. The molecule has 1 aromatic rings. The molecular weight excluding hydrogens is 322 g/mol. The van der Waals surface area contributed by atoms with E-state index in [0.717, 1.165) is 56.2 Å². The fraction of sp³-hybridized carbons (Fsp3) is 0.722. The molecular formula is C18H31N3O2S. The number of thioether (sulfide) groups is 1. The van der Waals surface area contributed by atoms with E-state index in [1.165, 1.54) is 6.42 Å². The van der Waals surface area contributed by atoms with Crippen LogP contribution >= 0.6 is 11.8 Å². The summed E-state index contributed by atoms with van der Waals surface area (Å²) in [5, 5.41) is 17.1. The highest BCUT2D eigenvalue weighted by molar-refractivity contribution is 7.98. The lowest BCUT2D eigenvalue weighted by atomic mass is 9.73. The second kappa shape index (κ2) is 9.99. The van der Waals surface area contributed by atoms with Crippen molar-refractivity contribution in [2.75, 3.05) is 31.6 Å². The Labute approximate surface area is 149 Å². The minimum atomic E-state index is -0.245. The van der Waals surface area contributed by atoms with Crippen LogP contribution in [0.1, 0.15) is 38.4 Å². The Morgan fingerprint density at radius 3 is 2.96 bits per heavy atom. The summed E-state index contributed by atoms with van der Waals surface area (Å²) in [5.74, 6) is 2.84. The van der Waals surface area contributed by atoms with Crippen molar-refractivity contribution in [1.29, 1.82) is 0 Å². The van der Waals surface area contributed by atoms with Crippen molar-refractivity contribution >= 4 is 17.7 Å². The Kier molecular flexibility index (Phi) is 7.99. The van der Waals surface area contributed by atoms with Crippen molar-refractivity contribution < 1.29 is 9.52 Å². The van der Waals surface area contributed by atoms with Gasteiger partial charge in [0.25, 0.3) is 0 Å². The summed E-state index contributed by atoms with van der Waals surface area (Å²) >= 11 is 1.81. The minimum absolute atomic E-state index is 0.104. The number of aliphatic hydroxyl groups is 1. The Morgan fingerprint density at radius 1 is 1.42 bits per heavy atom. The predicted molar refractivity (Wildman–Crippen MR) is 102 cm³/mol. The topological polar surface area (TPSA) is 69.8 Å². The zero-order chi connectivity index (χ0) is 17.3. The molecule has 136 valence electrons. The van der Waals surface area contributed by atoms with Crippen LogP contribution in [-0.2, 0) is 6.42 Å². The molecule has 1 aliphatic carbocycles. The number of rotatable bonds is 8. The number of guanidine groups is 1. The molecule has 0 aliphatic heterocycles. The molecule has 2 rings (SSSR count). The number of furan rings is 1. The molecule has 1 aromatic heterocycles. The van der Waals surface area contributed by atoms with Gasteiger partial charge in [-0.05, 0) is 31.2 Å². The van der Waals surface area contributed by atoms with Gasteiger partial charge in [-0.3, -0.25) is 4.99 Å². The first-order chi connectivity index (χ1) is 11.6. The van der Waals surface area contributed by atoms with Gasteiger partial charge in [-0.25, -0.2) is 0 Å². The molecule has 0 saturated heterocycles. The van der Waals surface area contributed by atoms with Crippen molar-refractivity contribution in [3.8, 4) is 0 Å². The normalized spacial score (nSPS) is 24.8. The Morgan fingerprint density at radius 2 is 2.25 bits per heavy atom. The molecule has 3 N–H and O–H groups in total. The average molecular weight is 354 g/mol. The molecule has 6 heteroatoms. The molecule has 1 fully saturated rings. The molecule has 2 unspecified atom stereocenters. The third-order valence-electron chi connectivity index (χ3n) is 4.72. The fourth-order valence-corrected chi connectivity index (χ4v) is 3.34. The predicted octanol–water partition coefficient (Wildman–Crippen LogP) is 2.66. The van der Waals surface area contributed by atoms with Crippen LogP contribution in [0.2, 0.25) is 0 Å². The van der Waals surface area contributed by atoms with Crippen LogP contribution in [0.4, 0.5) is 0 Å². The lowest BCUT2D eigenvalue weighted by Gasteiger charge is -2.37. The summed E-state index contributed by atoms with van der Waals surface area (Å²) < 4.78 is 5.36. The highest BCUT2D eigenvalue weighted by Crippen LogP contribution is 2.36. The number of nitrogens with one attached hydrogen (secondary N) is 2. The Balaban J connectivity index is 1.87. The van der Waals surface area contributed by atoms with Crippen molar-refractivity contribution in [2.24, 2.45) is 10.4 Å². The zero-order valence-corrected chi connectivity index (χ0v) is 15.7. The van der Waals surface area contributed by atoms with E-state index in [9.17, 15) is 5.11 Å². The van der Waals surface area contributed by atoms with Crippen molar-refractivity contribution in [3.63, 3.8) is 0 Å². The van der Waals surface area contributed by atoms with Gasteiger partial charge in [-0.2, -0.15) is 11.8 Å². The van der Waals surface area contributed by atoms with Crippen LogP contribution in [0.15, 0.2) is 27.8 Å². The Bertz CT molecular complexity index is 492. The number of hydrogen-bond acceptors (Lipinski definition) is 4. The fourth-order valence-electron chi connectivity index (χ4n) is 3.03. The van der Waals surface area contributed by atoms with Gasteiger partial charge in [0.15, 0.2) is 5.96 Å². The Hall–Kier alpha value is -1.14. The first-order valence-corrected chi connectivity index (χ1v) is 10.2. The van der Waals surface area contributed by atoms with Gasteiger partial charge in [0.2, 0.25) is 0 Å². The average Bonchev–Trinajstić information content (AvgIpc) is 3.09. The second-order valence-electron chi connectivity index (χ2n) is 6.76. The number of aliphatic hydroxyl groups excluding tert-OH is 1. The maximum atomic E-state index is 10.3. The summed E-state index contributed by atoms with van der Waals surface area (Å²) in [6.07, 6.45) is 8.64. The highest BCUT2D eigenvalue weighted by atomic mass is 32.2. The summed E-state index contributed by atoms with van der Waals surface area (Å²) in [6.45, 7) is 4.47. The third kappa shape index (κ3) is 6.06. The van der Waals surface area contributed by atoms with E-state index >= 15 is 0 Å². The molecule has 0 amide bonds. The molecule has 0 spiro atoms. The van der Waals surface area contributed by atoms with Gasteiger partial charge in [0, 0.05) is 30.7 Å². The minimum Gasteiger partial charge on any atom is -0.469 e. The SMILES string of the molecule is CSCCNC(=NCC1(C)CCCCC1O)NCCc1ccco1. The van der Waals surface area contributed by atoms with E-state index in [4.69, 9.17) is 9.41 Å². The van der Waals surface area contributed by atoms with Crippen molar-refractivity contribution in [3.05, 3.63) is 24.2 Å². The van der Waals surface area contributed by atoms with Gasteiger partial charge < -0.3 is 20.2 Å². The summed E-state index contributed by atoms with van der Waals surface area (Å²) in [6, 6.07) is 3.89. The largest absolute Gasteiger partial charge is 0.469 e. The molecule has 1 saturated carbocycles.